The van der Waals surface area contributed by atoms with Gasteiger partial charge in [0.1, 0.15) is 12.1 Å². The van der Waals surface area contributed by atoms with Crippen LogP contribution in [-0.2, 0) is 13.0 Å². The summed E-state index contributed by atoms with van der Waals surface area (Å²) in [7, 11) is 0. The lowest BCUT2D eigenvalue weighted by Gasteiger charge is -2.09. The highest BCUT2D eigenvalue weighted by atomic mass is 19.3. The number of nitrogens with one attached hydrogen (secondary N) is 1. The highest BCUT2D eigenvalue weighted by Gasteiger charge is 2.12. The van der Waals surface area contributed by atoms with Crippen LogP contribution >= 0.6 is 0 Å². The number of alkyl halides is 2. The third kappa shape index (κ3) is 4.00. The van der Waals surface area contributed by atoms with Crippen LogP contribution in [0.2, 0.25) is 0 Å². The number of H-pyrrole nitrogens is 1. The maximum atomic E-state index is 12.8. The molecule has 0 amide bonds. The van der Waals surface area contributed by atoms with Gasteiger partial charge in [0.15, 0.2) is 0 Å². The van der Waals surface area contributed by atoms with Gasteiger partial charge in [0.25, 0.3) is 0 Å². The van der Waals surface area contributed by atoms with Crippen molar-refractivity contribution in [3.63, 3.8) is 0 Å². The van der Waals surface area contributed by atoms with Crippen molar-refractivity contribution in [1.82, 2.24) is 24.5 Å². The molecule has 2 heterocycles. The van der Waals surface area contributed by atoms with Crippen molar-refractivity contribution in [1.29, 1.82) is 0 Å². The highest BCUT2D eigenvalue weighted by molar-refractivity contribution is 5.67. The minimum absolute atomic E-state index is 0.0466. The first-order valence-corrected chi connectivity index (χ1v) is 9.36. The van der Waals surface area contributed by atoms with E-state index in [0.29, 0.717) is 11.3 Å². The minimum Gasteiger partial charge on any atom is -0.435 e. The zero-order valence-electron chi connectivity index (χ0n) is 16.1. The second kappa shape index (κ2) is 8.32. The second-order valence-corrected chi connectivity index (χ2v) is 6.66. The molecule has 2 aromatic carbocycles. The summed E-state index contributed by atoms with van der Waals surface area (Å²) >= 11 is 0. The number of aromatic nitrogens is 5. The molecule has 0 aliphatic carbocycles. The Balaban J connectivity index is 1.62. The first-order valence-electron chi connectivity index (χ1n) is 9.36. The van der Waals surface area contributed by atoms with Gasteiger partial charge in [-0.3, -0.25) is 9.67 Å². The molecule has 0 fully saturated rings. The van der Waals surface area contributed by atoms with Crippen LogP contribution in [0, 0.1) is 0 Å². The average molecular weight is 411 g/mol. The van der Waals surface area contributed by atoms with Crippen molar-refractivity contribution in [2.24, 2.45) is 0 Å². The third-order valence-corrected chi connectivity index (χ3v) is 4.73. The molecule has 0 bridgehead atoms. The van der Waals surface area contributed by atoms with E-state index in [0.717, 1.165) is 23.1 Å². The van der Waals surface area contributed by atoms with Crippen molar-refractivity contribution in [3.8, 4) is 22.6 Å². The topological polar surface area (TPSA) is 77.7 Å². The fraction of sp³-hybridized carbons (Fsp3) is 0.190. The molecule has 9 heteroatoms. The molecule has 0 aliphatic heterocycles. The van der Waals surface area contributed by atoms with Crippen LogP contribution in [0.1, 0.15) is 18.1 Å². The van der Waals surface area contributed by atoms with E-state index in [1.54, 1.807) is 18.3 Å². The summed E-state index contributed by atoms with van der Waals surface area (Å²) in [5.74, 6) is 0.0466. The lowest BCUT2D eigenvalue weighted by atomic mass is 10.00. The third-order valence-electron chi connectivity index (χ3n) is 4.73. The molecule has 1 N–H and O–H groups in total. The van der Waals surface area contributed by atoms with Gasteiger partial charge in [0.05, 0.1) is 18.4 Å². The molecule has 7 nitrogen and oxygen atoms in total. The molecule has 0 atom stereocenters. The van der Waals surface area contributed by atoms with E-state index in [1.807, 2.05) is 31.3 Å². The van der Waals surface area contributed by atoms with Crippen LogP contribution in [0.4, 0.5) is 8.78 Å². The number of aromatic amines is 1. The van der Waals surface area contributed by atoms with Gasteiger partial charge in [-0.15, -0.1) is 0 Å². The molecule has 30 heavy (non-hydrogen) atoms. The quantitative estimate of drug-likeness (QED) is 0.504. The maximum Gasteiger partial charge on any atom is 0.387 e. The first kappa shape index (κ1) is 19.6. The number of nitrogens with zero attached hydrogens (tertiary/aromatic N) is 4. The summed E-state index contributed by atoms with van der Waals surface area (Å²) in [6.07, 6.45) is 5.78. The molecule has 154 valence electrons. The Hall–Kier alpha value is -3.75. The maximum absolute atomic E-state index is 12.8. The fourth-order valence-electron chi connectivity index (χ4n) is 3.32. The molecule has 0 aliphatic rings. The smallest absolute Gasteiger partial charge is 0.387 e. The molecule has 4 rings (SSSR count). The predicted molar refractivity (Wildman–Crippen MR) is 107 cm³/mol. The lowest BCUT2D eigenvalue weighted by molar-refractivity contribution is -0.0498. The Labute approximate surface area is 170 Å². The number of rotatable bonds is 7. The standard InChI is InChI=1S/C21H19F2N5O2/c1-2-15-9-17(6-7-19(15)16-10-24-25-11-16)28-21(29)27(13-26-28)12-14-4-3-5-18(8-14)30-20(22)23/h3-11,13,20H,2,12H2,1H3,(H,24,25). The van der Waals surface area contributed by atoms with Gasteiger partial charge in [-0.25, -0.2) is 4.79 Å². The normalized spacial score (nSPS) is 11.2. The molecule has 0 spiro atoms. The molecule has 0 saturated heterocycles. The number of hydrogen-bond donors (Lipinski definition) is 1. The molecule has 2 aromatic heterocycles. The summed E-state index contributed by atoms with van der Waals surface area (Å²) in [6.45, 7) is -0.672. The van der Waals surface area contributed by atoms with Gasteiger partial charge >= 0.3 is 12.3 Å². The van der Waals surface area contributed by atoms with E-state index >= 15 is 0 Å². The van der Waals surface area contributed by atoms with Gasteiger partial charge in [0, 0.05) is 11.8 Å². The number of benzene rings is 2. The van der Waals surface area contributed by atoms with Gasteiger partial charge in [-0.2, -0.15) is 23.7 Å². The monoisotopic (exact) mass is 411 g/mol. The number of ether oxygens (including phenoxy) is 1. The van der Waals surface area contributed by atoms with Crippen molar-refractivity contribution in [2.75, 3.05) is 0 Å². The number of hydrogen-bond acceptors (Lipinski definition) is 4. The Bertz CT molecular complexity index is 1200. The summed E-state index contributed by atoms with van der Waals surface area (Å²) in [5, 5.41) is 11.0. The Morgan fingerprint density at radius 1 is 1.20 bits per heavy atom. The predicted octanol–water partition coefficient (Wildman–Crippen LogP) is 3.64. The van der Waals surface area contributed by atoms with Crippen LogP contribution in [0.25, 0.3) is 16.8 Å². The van der Waals surface area contributed by atoms with Gasteiger partial charge < -0.3 is 4.74 Å². The summed E-state index contributed by atoms with van der Waals surface area (Å²) in [5.41, 5.74) is 4.05. The van der Waals surface area contributed by atoms with E-state index in [-0.39, 0.29) is 18.0 Å². The van der Waals surface area contributed by atoms with Crippen LogP contribution in [0.3, 0.4) is 0 Å². The van der Waals surface area contributed by atoms with E-state index in [2.05, 4.69) is 20.0 Å². The lowest BCUT2D eigenvalue weighted by Crippen LogP contribution is -2.24. The summed E-state index contributed by atoms with van der Waals surface area (Å²) in [4.78, 5) is 12.8. The SMILES string of the molecule is CCc1cc(-n2ncn(Cc3cccc(OC(F)F)c3)c2=O)ccc1-c1cn[nH]c1. The minimum atomic E-state index is -2.90. The van der Waals surface area contributed by atoms with Gasteiger partial charge in [-0.05, 0) is 47.4 Å². The van der Waals surface area contributed by atoms with Crippen LogP contribution in [-0.4, -0.2) is 31.2 Å². The average Bonchev–Trinajstić information content (AvgIpc) is 3.38. The molecular weight excluding hydrogens is 392 g/mol. The Kier molecular flexibility index (Phi) is 5.42. The summed E-state index contributed by atoms with van der Waals surface area (Å²) < 4.78 is 32.0. The van der Waals surface area contributed by atoms with Crippen LogP contribution in [0.15, 0.2) is 66.0 Å². The zero-order valence-corrected chi connectivity index (χ0v) is 16.1. The summed E-state index contributed by atoms with van der Waals surface area (Å²) in [6, 6.07) is 12.0. The second-order valence-electron chi connectivity index (χ2n) is 6.66. The van der Waals surface area contributed by atoms with Crippen molar-refractivity contribution >= 4 is 0 Å². The molecule has 0 unspecified atom stereocenters. The fourth-order valence-corrected chi connectivity index (χ4v) is 3.32. The van der Waals surface area contributed by atoms with Crippen molar-refractivity contribution in [3.05, 3.63) is 82.8 Å². The largest absolute Gasteiger partial charge is 0.435 e. The number of halogens is 2. The van der Waals surface area contributed by atoms with Gasteiger partial charge in [-0.1, -0.05) is 25.1 Å². The first-order chi connectivity index (χ1) is 14.5. The van der Waals surface area contributed by atoms with Crippen molar-refractivity contribution < 1.29 is 13.5 Å². The van der Waals surface area contributed by atoms with Crippen molar-refractivity contribution in [2.45, 2.75) is 26.5 Å². The zero-order chi connectivity index (χ0) is 21.1. The van der Waals surface area contributed by atoms with E-state index < -0.39 is 6.61 Å². The number of aryl methyl sites for hydroxylation is 1. The van der Waals surface area contributed by atoms with Crippen LogP contribution < -0.4 is 10.4 Å². The van der Waals surface area contributed by atoms with E-state index in [4.69, 9.17) is 0 Å². The molecule has 0 radical (unpaired) electrons. The van der Waals surface area contributed by atoms with E-state index in [9.17, 15) is 13.6 Å². The van der Waals surface area contributed by atoms with Crippen LogP contribution in [0.5, 0.6) is 5.75 Å². The Morgan fingerprint density at radius 2 is 2.07 bits per heavy atom. The molecular formula is C21H19F2N5O2. The molecule has 0 saturated carbocycles. The highest BCUT2D eigenvalue weighted by Crippen LogP contribution is 2.25. The van der Waals surface area contributed by atoms with Gasteiger partial charge in [0.2, 0.25) is 0 Å². The molecule has 4 aromatic rings. The Morgan fingerprint density at radius 3 is 2.80 bits per heavy atom. The van der Waals surface area contributed by atoms with E-state index in [1.165, 1.54) is 27.7 Å².